The van der Waals surface area contributed by atoms with Crippen LogP contribution in [0.5, 0.6) is 0 Å². The first-order valence-corrected chi connectivity index (χ1v) is 9.15. The molecule has 2 aliphatic rings. The molecule has 1 amide bonds. The third-order valence-electron chi connectivity index (χ3n) is 4.60. The normalized spacial score (nSPS) is 20.1. The number of amides is 1. The van der Waals surface area contributed by atoms with Gasteiger partial charge in [-0.1, -0.05) is 17.7 Å². The summed E-state index contributed by atoms with van der Waals surface area (Å²) >= 11 is 1.72. The quantitative estimate of drug-likeness (QED) is 0.838. The molecule has 3 heterocycles. The van der Waals surface area contributed by atoms with Crippen molar-refractivity contribution in [3.63, 3.8) is 0 Å². The Hall–Kier alpha value is -2.08. The van der Waals surface area contributed by atoms with Gasteiger partial charge in [0.25, 0.3) is 0 Å². The average molecular weight is 340 g/mol. The van der Waals surface area contributed by atoms with E-state index >= 15 is 0 Å². The molecule has 0 spiro atoms. The summed E-state index contributed by atoms with van der Waals surface area (Å²) in [5.74, 6) is 1.02. The fourth-order valence-electron chi connectivity index (χ4n) is 3.26. The number of thioether (sulfide) groups is 1. The van der Waals surface area contributed by atoms with Gasteiger partial charge in [-0.15, -0.1) is 11.8 Å². The number of aromatic nitrogens is 2. The van der Waals surface area contributed by atoms with Crippen LogP contribution in [-0.4, -0.2) is 52.2 Å². The molecular formula is C18H20N4OS. The second kappa shape index (κ2) is 6.43. The van der Waals surface area contributed by atoms with Crippen molar-refractivity contribution in [3.05, 3.63) is 47.8 Å². The van der Waals surface area contributed by atoms with Gasteiger partial charge in [0.1, 0.15) is 0 Å². The molecule has 2 aromatic rings. The fraction of sp³-hybridized carbons (Fsp3) is 0.389. The van der Waals surface area contributed by atoms with Crippen molar-refractivity contribution in [3.8, 4) is 0 Å². The van der Waals surface area contributed by atoms with E-state index in [1.54, 1.807) is 24.2 Å². The highest BCUT2D eigenvalue weighted by atomic mass is 32.2. The molecule has 124 valence electrons. The van der Waals surface area contributed by atoms with Crippen LogP contribution >= 0.6 is 11.8 Å². The smallest absolute Gasteiger partial charge is 0.236 e. The average Bonchev–Trinajstić information content (AvgIpc) is 3.05. The second-order valence-corrected chi connectivity index (χ2v) is 7.53. The molecule has 6 heteroatoms. The minimum absolute atomic E-state index is 0.0290. The van der Waals surface area contributed by atoms with Crippen LogP contribution in [0.2, 0.25) is 0 Å². The lowest BCUT2D eigenvalue weighted by Gasteiger charge is -2.35. The molecule has 1 aromatic carbocycles. The van der Waals surface area contributed by atoms with Crippen molar-refractivity contribution in [1.29, 1.82) is 0 Å². The number of piperazine rings is 1. The van der Waals surface area contributed by atoms with Gasteiger partial charge in [-0.25, -0.2) is 9.97 Å². The zero-order valence-corrected chi connectivity index (χ0v) is 14.5. The summed E-state index contributed by atoms with van der Waals surface area (Å²) in [6.07, 6.45) is 4.36. The van der Waals surface area contributed by atoms with Gasteiger partial charge in [0.2, 0.25) is 11.9 Å². The first-order valence-electron chi connectivity index (χ1n) is 8.27. The Morgan fingerprint density at radius 2 is 1.92 bits per heavy atom. The summed E-state index contributed by atoms with van der Waals surface area (Å²) in [6, 6.07) is 8.30. The predicted molar refractivity (Wildman–Crippen MR) is 95.4 cm³/mol. The summed E-state index contributed by atoms with van der Waals surface area (Å²) < 4.78 is 0. The van der Waals surface area contributed by atoms with Gasteiger partial charge in [-0.3, -0.25) is 4.79 Å². The molecular weight excluding hydrogens is 320 g/mol. The highest BCUT2D eigenvalue weighted by Crippen LogP contribution is 2.38. The Bertz CT molecular complexity index is 744. The SMILES string of the molecule is Cc1ccc2c(c1)S[C@H](C(=O)N1CCN(c3ncccn3)CC1)C2. The van der Waals surface area contributed by atoms with E-state index in [2.05, 4.69) is 40.0 Å². The second-order valence-electron chi connectivity index (χ2n) is 6.28. The van der Waals surface area contributed by atoms with E-state index in [4.69, 9.17) is 0 Å². The van der Waals surface area contributed by atoms with Gasteiger partial charge in [-0.2, -0.15) is 0 Å². The highest BCUT2D eigenvalue weighted by molar-refractivity contribution is 8.01. The summed E-state index contributed by atoms with van der Waals surface area (Å²) in [6.45, 7) is 5.16. The van der Waals surface area contributed by atoms with Crippen molar-refractivity contribution < 1.29 is 4.79 Å². The van der Waals surface area contributed by atoms with Gasteiger partial charge in [-0.05, 0) is 31.0 Å². The van der Waals surface area contributed by atoms with E-state index in [0.29, 0.717) is 0 Å². The number of aryl methyl sites for hydroxylation is 1. The van der Waals surface area contributed by atoms with Crippen LogP contribution in [0.3, 0.4) is 0 Å². The molecule has 0 N–H and O–H groups in total. The van der Waals surface area contributed by atoms with Crippen LogP contribution in [0.15, 0.2) is 41.6 Å². The number of benzene rings is 1. The fourth-order valence-corrected chi connectivity index (χ4v) is 4.63. The highest BCUT2D eigenvalue weighted by Gasteiger charge is 2.33. The van der Waals surface area contributed by atoms with Crippen LogP contribution < -0.4 is 4.90 Å². The molecule has 24 heavy (non-hydrogen) atoms. The maximum atomic E-state index is 12.9. The standard InChI is InChI=1S/C18H20N4OS/c1-13-3-4-14-12-16(24-15(14)11-13)17(23)21-7-9-22(10-8-21)18-19-5-2-6-20-18/h2-6,11,16H,7-10,12H2,1H3/t16-/m0/s1. The van der Waals surface area contributed by atoms with E-state index in [1.807, 2.05) is 11.0 Å². The van der Waals surface area contributed by atoms with Crippen LogP contribution in [0.4, 0.5) is 5.95 Å². The number of fused-ring (bicyclic) bond motifs is 1. The molecule has 1 atom stereocenters. The molecule has 0 bridgehead atoms. The monoisotopic (exact) mass is 340 g/mol. The Morgan fingerprint density at radius 3 is 2.67 bits per heavy atom. The van der Waals surface area contributed by atoms with E-state index in [1.165, 1.54) is 16.0 Å². The van der Waals surface area contributed by atoms with E-state index in [0.717, 1.165) is 38.5 Å². The first-order chi connectivity index (χ1) is 11.7. The predicted octanol–water partition coefficient (Wildman–Crippen LogP) is 2.15. The van der Waals surface area contributed by atoms with Gasteiger partial charge < -0.3 is 9.80 Å². The zero-order valence-electron chi connectivity index (χ0n) is 13.7. The zero-order chi connectivity index (χ0) is 16.5. The van der Waals surface area contributed by atoms with Crippen molar-refractivity contribution in [2.45, 2.75) is 23.5 Å². The molecule has 1 aromatic heterocycles. The number of rotatable bonds is 2. The topological polar surface area (TPSA) is 49.3 Å². The third kappa shape index (κ3) is 2.98. The molecule has 2 aliphatic heterocycles. The van der Waals surface area contributed by atoms with Crippen molar-refractivity contribution in [2.24, 2.45) is 0 Å². The van der Waals surface area contributed by atoms with E-state index < -0.39 is 0 Å². The van der Waals surface area contributed by atoms with Gasteiger partial charge in [0.15, 0.2) is 0 Å². The largest absolute Gasteiger partial charge is 0.338 e. The van der Waals surface area contributed by atoms with Crippen LogP contribution in [-0.2, 0) is 11.2 Å². The molecule has 0 aliphatic carbocycles. The van der Waals surface area contributed by atoms with Gasteiger partial charge in [0.05, 0.1) is 5.25 Å². The molecule has 1 saturated heterocycles. The van der Waals surface area contributed by atoms with Crippen LogP contribution in [0, 0.1) is 6.92 Å². The molecule has 0 saturated carbocycles. The maximum absolute atomic E-state index is 12.9. The third-order valence-corrected chi connectivity index (χ3v) is 5.89. The Kier molecular flexibility index (Phi) is 4.14. The number of hydrogen-bond acceptors (Lipinski definition) is 5. The van der Waals surface area contributed by atoms with Crippen molar-refractivity contribution in [1.82, 2.24) is 14.9 Å². The number of hydrogen-bond donors (Lipinski definition) is 0. The summed E-state index contributed by atoms with van der Waals surface area (Å²) in [5, 5.41) is 0.0290. The van der Waals surface area contributed by atoms with Crippen LogP contribution in [0.25, 0.3) is 0 Å². The minimum Gasteiger partial charge on any atom is -0.338 e. The van der Waals surface area contributed by atoms with E-state index in [-0.39, 0.29) is 11.2 Å². The van der Waals surface area contributed by atoms with Crippen molar-refractivity contribution in [2.75, 3.05) is 31.1 Å². The Morgan fingerprint density at radius 1 is 1.17 bits per heavy atom. The number of nitrogens with zero attached hydrogens (tertiary/aromatic N) is 4. The minimum atomic E-state index is 0.0290. The lowest BCUT2D eigenvalue weighted by molar-refractivity contribution is -0.130. The summed E-state index contributed by atoms with van der Waals surface area (Å²) in [4.78, 5) is 26.8. The van der Waals surface area contributed by atoms with Crippen molar-refractivity contribution >= 4 is 23.6 Å². The molecule has 0 unspecified atom stereocenters. The van der Waals surface area contributed by atoms with Gasteiger partial charge >= 0.3 is 0 Å². The lowest BCUT2D eigenvalue weighted by Crippen LogP contribution is -2.51. The molecule has 4 rings (SSSR count). The van der Waals surface area contributed by atoms with E-state index in [9.17, 15) is 4.79 Å². The molecule has 1 fully saturated rings. The lowest BCUT2D eigenvalue weighted by atomic mass is 10.1. The Balaban J connectivity index is 1.37. The maximum Gasteiger partial charge on any atom is 0.236 e. The number of carbonyl (C=O) groups excluding carboxylic acids is 1. The van der Waals surface area contributed by atoms with Crippen LogP contribution in [0.1, 0.15) is 11.1 Å². The Labute approximate surface area is 146 Å². The first kappa shape index (κ1) is 15.4. The molecule has 5 nitrogen and oxygen atoms in total. The number of anilines is 1. The summed E-state index contributed by atoms with van der Waals surface area (Å²) in [7, 11) is 0. The van der Waals surface area contributed by atoms with Gasteiger partial charge in [0, 0.05) is 43.5 Å². The number of carbonyl (C=O) groups is 1. The summed E-state index contributed by atoms with van der Waals surface area (Å²) in [5.41, 5.74) is 2.56. The molecule has 0 radical (unpaired) electrons.